The molecular weight excluding hydrogens is 482 g/mol. The molecule has 0 saturated carbocycles. The van der Waals surface area contributed by atoms with E-state index in [2.05, 4.69) is 9.97 Å². The Kier molecular flexibility index (Phi) is 6.24. The van der Waals surface area contributed by atoms with Crippen molar-refractivity contribution in [3.63, 3.8) is 0 Å². The molecule has 3 aromatic carbocycles. The number of phenolic OH excluding ortho intramolecular Hbond substituents is 2. The van der Waals surface area contributed by atoms with E-state index in [0.29, 0.717) is 16.6 Å². The van der Waals surface area contributed by atoms with Crippen molar-refractivity contribution in [3.05, 3.63) is 65.2 Å². The third kappa shape index (κ3) is 4.62. The summed E-state index contributed by atoms with van der Waals surface area (Å²) in [4.78, 5) is 43.0. The van der Waals surface area contributed by atoms with Gasteiger partial charge in [0.25, 0.3) is 0 Å². The third-order valence-corrected chi connectivity index (χ3v) is 5.85. The Morgan fingerprint density at radius 2 is 1.59 bits per heavy atom. The fourth-order valence-corrected chi connectivity index (χ4v) is 4.12. The number of carboxylic acid groups (broad SMARTS) is 2. The minimum atomic E-state index is -1.56. The van der Waals surface area contributed by atoms with Gasteiger partial charge in [-0.25, -0.2) is 4.98 Å². The van der Waals surface area contributed by atoms with E-state index in [1.54, 1.807) is 18.2 Å². The molecule has 0 aliphatic heterocycles. The first-order valence-corrected chi connectivity index (χ1v) is 10.8. The molecule has 4 rings (SSSR count). The zero-order valence-corrected chi connectivity index (χ0v) is 19.0. The number of aliphatic carboxylic acids is 2. The van der Waals surface area contributed by atoms with Crippen LogP contribution in [0.2, 0.25) is 0 Å². The van der Waals surface area contributed by atoms with Crippen LogP contribution < -0.4 is 11.5 Å². The zero-order chi connectivity index (χ0) is 27.0. The molecule has 0 spiro atoms. The smallest absolute Gasteiger partial charge is 0.311 e. The molecule has 188 valence electrons. The average Bonchev–Trinajstić information content (AvgIpc) is 3.25. The molecule has 1 heterocycles. The Hall–Kier alpha value is -5.39. The van der Waals surface area contributed by atoms with Crippen molar-refractivity contribution in [2.75, 3.05) is 0 Å². The number of aromatic amines is 1. The summed E-state index contributed by atoms with van der Waals surface area (Å²) in [5, 5.41) is 48.5. The van der Waals surface area contributed by atoms with E-state index >= 15 is 0 Å². The highest BCUT2D eigenvalue weighted by molar-refractivity contribution is 6.00. The maximum Gasteiger partial charge on any atom is 0.311 e. The van der Waals surface area contributed by atoms with E-state index in [0.717, 1.165) is 0 Å². The van der Waals surface area contributed by atoms with Crippen LogP contribution in [0.5, 0.6) is 11.5 Å². The summed E-state index contributed by atoms with van der Waals surface area (Å²) in [6.45, 7) is 0. The molecule has 0 bridgehead atoms. The number of H-pyrrole nitrogens is 1. The Morgan fingerprint density at radius 1 is 0.919 bits per heavy atom. The molecule has 0 aliphatic carbocycles. The van der Waals surface area contributed by atoms with Crippen LogP contribution in [0.3, 0.4) is 0 Å². The van der Waals surface area contributed by atoms with Gasteiger partial charge in [0, 0.05) is 27.8 Å². The first-order chi connectivity index (χ1) is 17.5. The molecule has 0 aliphatic rings. The fraction of sp³-hybridized carbons (Fsp3) is 0.0800. The van der Waals surface area contributed by atoms with Gasteiger partial charge in [-0.2, -0.15) is 0 Å². The second kappa shape index (κ2) is 9.34. The van der Waals surface area contributed by atoms with Crippen LogP contribution in [0.15, 0.2) is 48.5 Å². The van der Waals surface area contributed by atoms with Gasteiger partial charge in [0.05, 0.1) is 23.4 Å². The lowest BCUT2D eigenvalue weighted by atomic mass is 9.85. The number of phenols is 2. The second-order valence-corrected chi connectivity index (χ2v) is 8.24. The number of nitrogens with one attached hydrogen (secondary N) is 2. The number of aromatic nitrogens is 2. The van der Waals surface area contributed by atoms with Crippen molar-refractivity contribution < 1.29 is 34.8 Å². The normalized spacial score (nSPS) is 11.8. The highest BCUT2D eigenvalue weighted by atomic mass is 16.4. The molecule has 10 N–H and O–H groups in total. The summed E-state index contributed by atoms with van der Waals surface area (Å²) >= 11 is 0. The molecule has 1 amide bonds. The maximum absolute atomic E-state index is 12.1. The van der Waals surface area contributed by atoms with Gasteiger partial charge in [-0.1, -0.05) is 6.07 Å². The van der Waals surface area contributed by atoms with Crippen molar-refractivity contribution in [2.45, 2.75) is 12.3 Å². The van der Waals surface area contributed by atoms with E-state index in [1.165, 1.54) is 30.3 Å². The van der Waals surface area contributed by atoms with Crippen LogP contribution in [0.4, 0.5) is 0 Å². The van der Waals surface area contributed by atoms with Crippen LogP contribution in [-0.4, -0.2) is 54.1 Å². The van der Waals surface area contributed by atoms with E-state index in [-0.39, 0.29) is 45.2 Å². The lowest BCUT2D eigenvalue weighted by Crippen LogP contribution is -2.17. The summed E-state index contributed by atoms with van der Waals surface area (Å²) in [5.41, 5.74) is 12.0. The van der Waals surface area contributed by atoms with Crippen molar-refractivity contribution >= 4 is 34.7 Å². The SMILES string of the molecule is N=C(N)c1ccc2nc(-c3c(C(CC(=O)O)C(=O)O)ccc(O)c3-c3cc(C(N)=O)ccc3O)[nH]c2c1. The highest BCUT2D eigenvalue weighted by Crippen LogP contribution is 2.46. The molecule has 4 aromatic rings. The standard InChI is InChI=1S/C25H21N5O7/c26-22(27)10-1-4-15-16(8-10)30-24(29-15)21-12(13(25(36)37)9-19(33)34)3-6-18(32)20(21)14-7-11(23(28)35)2-5-17(14)31/h1-8,13,31-32H,9H2,(H3,26,27)(H2,28,35)(H,29,30)(H,33,34)(H,36,37). The number of benzene rings is 3. The quantitative estimate of drug-likeness (QED) is 0.130. The van der Waals surface area contributed by atoms with Crippen molar-refractivity contribution in [1.29, 1.82) is 5.41 Å². The van der Waals surface area contributed by atoms with Crippen molar-refractivity contribution in [2.24, 2.45) is 11.5 Å². The van der Waals surface area contributed by atoms with Gasteiger partial charge >= 0.3 is 11.9 Å². The van der Waals surface area contributed by atoms with Crippen LogP contribution in [-0.2, 0) is 9.59 Å². The zero-order valence-electron chi connectivity index (χ0n) is 19.0. The number of nitrogen functional groups attached to an aromatic ring is 1. The number of hydrogen-bond acceptors (Lipinski definition) is 7. The van der Waals surface area contributed by atoms with Crippen LogP contribution in [0, 0.1) is 5.41 Å². The molecular formula is C25H21N5O7. The van der Waals surface area contributed by atoms with Crippen molar-refractivity contribution in [1.82, 2.24) is 9.97 Å². The highest BCUT2D eigenvalue weighted by Gasteiger charge is 2.31. The minimum Gasteiger partial charge on any atom is -0.507 e. The number of nitrogens with two attached hydrogens (primary N) is 2. The number of amides is 1. The minimum absolute atomic E-state index is 0.000389. The molecule has 1 unspecified atom stereocenters. The van der Waals surface area contributed by atoms with E-state index in [1.807, 2.05) is 0 Å². The Balaban J connectivity index is 2.11. The van der Waals surface area contributed by atoms with Crippen LogP contribution in [0.1, 0.15) is 33.8 Å². The third-order valence-electron chi connectivity index (χ3n) is 5.85. The monoisotopic (exact) mass is 503 g/mol. The van der Waals surface area contributed by atoms with Crippen LogP contribution >= 0.6 is 0 Å². The lowest BCUT2D eigenvalue weighted by molar-refractivity contribution is -0.145. The summed E-state index contributed by atoms with van der Waals surface area (Å²) < 4.78 is 0. The lowest BCUT2D eigenvalue weighted by Gasteiger charge is -2.20. The molecule has 0 saturated heterocycles. The second-order valence-electron chi connectivity index (χ2n) is 8.24. The summed E-state index contributed by atoms with van der Waals surface area (Å²) in [7, 11) is 0. The predicted molar refractivity (Wildman–Crippen MR) is 132 cm³/mol. The number of carboxylic acids is 2. The van der Waals surface area contributed by atoms with Gasteiger partial charge < -0.3 is 36.9 Å². The Morgan fingerprint density at radius 3 is 2.22 bits per heavy atom. The van der Waals surface area contributed by atoms with Gasteiger partial charge in [0.2, 0.25) is 5.91 Å². The van der Waals surface area contributed by atoms with Gasteiger partial charge in [0.1, 0.15) is 23.2 Å². The fourth-order valence-electron chi connectivity index (χ4n) is 4.12. The summed E-state index contributed by atoms with van der Waals surface area (Å²) in [5.74, 6) is -6.11. The molecule has 12 heteroatoms. The summed E-state index contributed by atoms with van der Waals surface area (Å²) in [6.07, 6.45) is -0.783. The van der Waals surface area contributed by atoms with E-state index in [9.17, 15) is 34.8 Å². The number of rotatable bonds is 8. The number of carbonyl (C=O) groups is 3. The largest absolute Gasteiger partial charge is 0.507 e. The number of carbonyl (C=O) groups excluding carboxylic acids is 1. The first kappa shape index (κ1) is 24.7. The number of imidazole rings is 1. The number of nitrogens with zero attached hydrogens (tertiary/aromatic N) is 1. The van der Waals surface area contributed by atoms with Gasteiger partial charge in [-0.15, -0.1) is 0 Å². The van der Waals surface area contributed by atoms with Gasteiger partial charge in [-0.05, 0) is 48.0 Å². The molecule has 37 heavy (non-hydrogen) atoms. The maximum atomic E-state index is 12.1. The Bertz CT molecular complexity index is 1610. The predicted octanol–water partition coefficient (Wildman–Crippen LogP) is 2.33. The number of fused-ring (bicyclic) bond motifs is 1. The Labute approximate surface area is 208 Å². The number of amidine groups is 1. The van der Waals surface area contributed by atoms with E-state index < -0.39 is 35.9 Å². The molecule has 1 atom stereocenters. The van der Waals surface area contributed by atoms with E-state index in [4.69, 9.17) is 16.9 Å². The van der Waals surface area contributed by atoms with Crippen LogP contribution in [0.25, 0.3) is 33.5 Å². The summed E-state index contributed by atoms with van der Waals surface area (Å²) in [6, 6.07) is 10.8. The number of primary amides is 1. The topological polar surface area (TPSA) is 237 Å². The number of hydrogen-bond donors (Lipinski definition) is 8. The van der Waals surface area contributed by atoms with Gasteiger partial charge in [-0.3, -0.25) is 19.8 Å². The van der Waals surface area contributed by atoms with Gasteiger partial charge in [0.15, 0.2) is 0 Å². The molecule has 0 fully saturated rings. The number of aromatic hydroxyl groups is 2. The molecule has 0 radical (unpaired) electrons. The molecule has 12 nitrogen and oxygen atoms in total. The molecule has 1 aromatic heterocycles. The first-order valence-electron chi connectivity index (χ1n) is 10.8. The average molecular weight is 503 g/mol. The van der Waals surface area contributed by atoms with Crippen molar-refractivity contribution in [3.8, 4) is 34.0 Å².